The lowest BCUT2D eigenvalue weighted by Gasteiger charge is -2.19. The molecule has 1 amide bonds. The molecule has 238 valence electrons. The van der Waals surface area contributed by atoms with Crippen molar-refractivity contribution in [1.82, 2.24) is 9.80 Å². The molecule has 0 aliphatic rings. The number of carboxylic acid groups (broad SMARTS) is 2. The molecule has 0 bridgehead atoms. The maximum atomic E-state index is 13.8. The van der Waals surface area contributed by atoms with Crippen molar-refractivity contribution >= 4 is 40.7 Å². The summed E-state index contributed by atoms with van der Waals surface area (Å²) in [5.41, 5.74) is 3.47. The summed E-state index contributed by atoms with van der Waals surface area (Å²) >= 11 is 0. The van der Waals surface area contributed by atoms with E-state index in [1.165, 1.54) is 25.7 Å². The number of aliphatic carboxylic acids is 2. The first-order valence-corrected chi connectivity index (χ1v) is 15.3. The van der Waals surface area contributed by atoms with Crippen LogP contribution >= 0.6 is 0 Å². The first kappa shape index (κ1) is 36.0. The Kier molecular flexibility index (Phi) is 15.1. The Morgan fingerprint density at radius 1 is 0.795 bits per heavy atom. The predicted molar refractivity (Wildman–Crippen MR) is 173 cm³/mol. The Morgan fingerprint density at radius 2 is 1.36 bits per heavy atom. The zero-order chi connectivity index (χ0) is 32.6. The number of aryl methyl sites for hydroxylation is 1. The summed E-state index contributed by atoms with van der Waals surface area (Å²) in [5, 5.41) is 15.5. The van der Waals surface area contributed by atoms with E-state index in [4.69, 9.17) is 24.2 Å². The van der Waals surface area contributed by atoms with Gasteiger partial charge in [0.05, 0.1) is 5.56 Å². The minimum Gasteiger partial charge on any atom is -0.473 e. The molecule has 0 saturated heterocycles. The third kappa shape index (κ3) is 10.8. The fourth-order valence-corrected chi connectivity index (χ4v) is 4.59. The molecule has 1 heterocycles. The van der Waals surface area contributed by atoms with Crippen molar-refractivity contribution in [1.29, 1.82) is 0 Å². The highest BCUT2D eigenvalue weighted by molar-refractivity contribution is 6.27. The second-order valence-electron chi connectivity index (χ2n) is 10.9. The molecule has 0 aliphatic carbocycles. The number of carbonyl (C=O) groups excluding carboxylic acids is 2. The Labute approximate surface area is 260 Å². The van der Waals surface area contributed by atoms with Crippen LogP contribution in [0.15, 0.2) is 53.0 Å². The maximum absolute atomic E-state index is 13.8. The number of benzene rings is 2. The highest BCUT2D eigenvalue weighted by Gasteiger charge is 2.23. The second kappa shape index (κ2) is 18.4. The standard InChI is InChI=1S/C33H44N2O3.C2H2O4/c1-6-9-14-30-31(28-24-27(33(37)34(4)5)19-20-29(28)38-30)32(36)26-17-15-25(16-18-26)13-12-23-35(21-10-7-2)22-11-8-3;3-1(4)2(5)6/h12-13,15-20,24H,6-11,14,21-23H2,1-5H3;(H,3,4)(H,5,6). The molecule has 3 rings (SSSR count). The molecule has 2 N–H and O–H groups in total. The molecule has 1 aromatic heterocycles. The second-order valence-corrected chi connectivity index (χ2v) is 10.9. The van der Waals surface area contributed by atoms with Gasteiger partial charge in [0.1, 0.15) is 11.3 Å². The van der Waals surface area contributed by atoms with Crippen molar-refractivity contribution in [2.45, 2.75) is 65.7 Å². The molecule has 44 heavy (non-hydrogen) atoms. The molecule has 3 aromatic rings. The summed E-state index contributed by atoms with van der Waals surface area (Å²) in [5.74, 6) is -3.11. The van der Waals surface area contributed by atoms with E-state index in [-0.39, 0.29) is 11.7 Å². The first-order valence-electron chi connectivity index (χ1n) is 15.3. The average Bonchev–Trinajstić information content (AvgIpc) is 3.38. The van der Waals surface area contributed by atoms with Crippen LogP contribution < -0.4 is 0 Å². The number of carboxylic acids is 2. The van der Waals surface area contributed by atoms with Crippen molar-refractivity contribution in [3.8, 4) is 0 Å². The number of ketones is 1. The molecule has 0 saturated carbocycles. The molecule has 0 unspecified atom stereocenters. The molecular formula is C35H46N2O7. The number of furan rings is 1. The van der Waals surface area contributed by atoms with E-state index in [9.17, 15) is 9.59 Å². The molecule has 9 heteroatoms. The van der Waals surface area contributed by atoms with Gasteiger partial charge in [-0.25, -0.2) is 9.59 Å². The monoisotopic (exact) mass is 606 g/mol. The smallest absolute Gasteiger partial charge is 0.414 e. The molecule has 0 fully saturated rings. The van der Waals surface area contributed by atoms with Gasteiger partial charge in [-0.3, -0.25) is 14.5 Å². The van der Waals surface area contributed by atoms with Crippen LogP contribution in [0.2, 0.25) is 0 Å². The fourth-order valence-electron chi connectivity index (χ4n) is 4.59. The number of hydrogen-bond donors (Lipinski definition) is 2. The van der Waals surface area contributed by atoms with Crippen LogP contribution in [0.25, 0.3) is 17.0 Å². The Balaban J connectivity index is 0.00000102. The van der Waals surface area contributed by atoms with Crippen molar-refractivity contribution in [2.24, 2.45) is 0 Å². The van der Waals surface area contributed by atoms with Gasteiger partial charge in [0.15, 0.2) is 5.78 Å². The molecule has 0 atom stereocenters. The van der Waals surface area contributed by atoms with E-state index in [0.29, 0.717) is 39.8 Å². The van der Waals surface area contributed by atoms with Crippen LogP contribution in [-0.2, 0) is 16.0 Å². The number of amides is 1. The number of nitrogens with zero attached hydrogens (tertiary/aromatic N) is 2. The minimum absolute atomic E-state index is 0.0647. The van der Waals surface area contributed by atoms with Gasteiger partial charge < -0.3 is 19.5 Å². The van der Waals surface area contributed by atoms with Crippen LogP contribution in [0, 0.1) is 0 Å². The molecule has 0 spiro atoms. The zero-order valence-corrected chi connectivity index (χ0v) is 26.6. The number of rotatable bonds is 15. The van der Waals surface area contributed by atoms with Crippen LogP contribution in [-0.4, -0.2) is 77.4 Å². The minimum atomic E-state index is -1.82. The van der Waals surface area contributed by atoms with Crippen LogP contribution in [0.4, 0.5) is 0 Å². The van der Waals surface area contributed by atoms with Gasteiger partial charge in [-0.15, -0.1) is 0 Å². The van der Waals surface area contributed by atoms with Crippen molar-refractivity contribution in [3.05, 3.63) is 76.6 Å². The van der Waals surface area contributed by atoms with Crippen LogP contribution in [0.3, 0.4) is 0 Å². The molecule has 2 aromatic carbocycles. The van der Waals surface area contributed by atoms with Gasteiger partial charge in [-0.2, -0.15) is 0 Å². The molecule has 9 nitrogen and oxygen atoms in total. The lowest BCUT2D eigenvalue weighted by molar-refractivity contribution is -0.159. The largest absolute Gasteiger partial charge is 0.473 e. The van der Waals surface area contributed by atoms with Crippen molar-refractivity contribution < 1.29 is 33.8 Å². The summed E-state index contributed by atoms with van der Waals surface area (Å²) in [6.45, 7) is 9.80. The number of fused-ring (bicyclic) bond motifs is 1. The van der Waals surface area contributed by atoms with Crippen molar-refractivity contribution in [3.63, 3.8) is 0 Å². The first-order chi connectivity index (χ1) is 21.0. The van der Waals surface area contributed by atoms with E-state index in [2.05, 4.69) is 37.8 Å². The topological polar surface area (TPSA) is 128 Å². The lowest BCUT2D eigenvalue weighted by atomic mass is 9.96. The summed E-state index contributed by atoms with van der Waals surface area (Å²) in [6.07, 6.45) is 11.9. The number of carbonyl (C=O) groups is 4. The maximum Gasteiger partial charge on any atom is 0.414 e. The molecule has 0 radical (unpaired) electrons. The molecular weight excluding hydrogens is 560 g/mol. The van der Waals surface area contributed by atoms with Crippen molar-refractivity contribution in [2.75, 3.05) is 33.7 Å². The summed E-state index contributed by atoms with van der Waals surface area (Å²) in [4.78, 5) is 48.6. The highest BCUT2D eigenvalue weighted by Crippen LogP contribution is 2.31. The van der Waals surface area contributed by atoms with Gasteiger partial charge in [0.25, 0.3) is 5.91 Å². The normalized spacial score (nSPS) is 11.0. The highest BCUT2D eigenvalue weighted by atomic mass is 16.4. The van der Waals surface area contributed by atoms with E-state index in [0.717, 1.165) is 38.0 Å². The Morgan fingerprint density at radius 3 is 1.89 bits per heavy atom. The summed E-state index contributed by atoms with van der Waals surface area (Å²) in [6, 6.07) is 13.2. The van der Waals surface area contributed by atoms with Gasteiger partial charge in [-0.1, -0.05) is 76.5 Å². The third-order valence-electron chi connectivity index (χ3n) is 7.08. The van der Waals surface area contributed by atoms with E-state index in [1.54, 1.807) is 37.2 Å². The van der Waals surface area contributed by atoms with Gasteiger partial charge in [0, 0.05) is 43.6 Å². The van der Waals surface area contributed by atoms with Gasteiger partial charge in [0.2, 0.25) is 0 Å². The average molecular weight is 607 g/mol. The lowest BCUT2D eigenvalue weighted by Crippen LogP contribution is -2.26. The Hall–Kier alpha value is -4.24. The molecule has 0 aliphatic heterocycles. The van der Waals surface area contributed by atoms with Crippen LogP contribution in [0.1, 0.15) is 96.9 Å². The van der Waals surface area contributed by atoms with E-state index < -0.39 is 11.9 Å². The quantitative estimate of drug-likeness (QED) is 0.143. The summed E-state index contributed by atoms with van der Waals surface area (Å²) in [7, 11) is 3.45. The SMILES string of the molecule is CCCCc1oc2ccc(C(=O)N(C)C)cc2c1C(=O)c1ccc(C=CCN(CCCC)CCCC)cc1.O=C(O)C(=O)O. The van der Waals surface area contributed by atoms with Gasteiger partial charge >= 0.3 is 11.9 Å². The van der Waals surface area contributed by atoms with Gasteiger partial charge in [-0.05, 0) is 56.1 Å². The van der Waals surface area contributed by atoms with Crippen LogP contribution in [0.5, 0.6) is 0 Å². The number of hydrogen-bond acceptors (Lipinski definition) is 6. The predicted octanol–water partition coefficient (Wildman–Crippen LogP) is 6.78. The summed E-state index contributed by atoms with van der Waals surface area (Å²) < 4.78 is 6.13. The Bertz CT molecular complexity index is 1400. The number of unbranched alkanes of at least 4 members (excludes halogenated alkanes) is 3. The van der Waals surface area contributed by atoms with E-state index in [1.807, 2.05) is 24.3 Å². The zero-order valence-electron chi connectivity index (χ0n) is 26.6. The van der Waals surface area contributed by atoms with E-state index >= 15 is 0 Å². The third-order valence-corrected chi connectivity index (χ3v) is 7.08. The fraction of sp³-hybridized carbons (Fsp3) is 0.429.